The Bertz CT molecular complexity index is 549. The van der Waals surface area contributed by atoms with Crippen LogP contribution in [0.1, 0.15) is 5.56 Å². The molecule has 2 rings (SSSR count). The van der Waals surface area contributed by atoms with E-state index in [4.69, 9.17) is 5.73 Å². The summed E-state index contributed by atoms with van der Waals surface area (Å²) in [7, 11) is 0. The van der Waals surface area contributed by atoms with Crippen molar-refractivity contribution in [3.8, 4) is 17.6 Å². The molecule has 0 amide bonds. The summed E-state index contributed by atoms with van der Waals surface area (Å²) >= 11 is 0. The standard InChI is InChI=1S/C13H11NO/c14-9-3-5-11-8-7-10-4-1-2-6-12(10)13(11)15/h1-2,4,6-8,15H,9,14H2. The summed E-state index contributed by atoms with van der Waals surface area (Å²) in [6.45, 7) is 0.298. The molecule has 0 unspecified atom stereocenters. The van der Waals surface area contributed by atoms with Crippen LogP contribution >= 0.6 is 0 Å². The molecule has 0 aromatic heterocycles. The predicted molar refractivity (Wildman–Crippen MR) is 61.5 cm³/mol. The number of fused-ring (bicyclic) bond motifs is 1. The van der Waals surface area contributed by atoms with Crippen LogP contribution < -0.4 is 5.73 Å². The summed E-state index contributed by atoms with van der Waals surface area (Å²) in [6.07, 6.45) is 0. The Morgan fingerprint density at radius 3 is 2.73 bits per heavy atom. The van der Waals surface area contributed by atoms with Gasteiger partial charge in [0, 0.05) is 5.39 Å². The van der Waals surface area contributed by atoms with Gasteiger partial charge < -0.3 is 10.8 Å². The van der Waals surface area contributed by atoms with E-state index in [1.165, 1.54) is 0 Å². The first-order valence-electron chi connectivity index (χ1n) is 4.72. The molecule has 0 bridgehead atoms. The molecule has 0 aliphatic rings. The minimum atomic E-state index is 0.231. The normalized spacial score (nSPS) is 9.67. The van der Waals surface area contributed by atoms with Gasteiger partial charge in [0.25, 0.3) is 0 Å². The van der Waals surface area contributed by atoms with E-state index in [1.807, 2.05) is 30.3 Å². The van der Waals surface area contributed by atoms with Crippen LogP contribution in [0.4, 0.5) is 0 Å². The molecule has 0 aliphatic carbocycles. The Morgan fingerprint density at radius 2 is 1.93 bits per heavy atom. The van der Waals surface area contributed by atoms with Crippen molar-refractivity contribution in [1.82, 2.24) is 0 Å². The lowest BCUT2D eigenvalue weighted by Gasteiger charge is -2.02. The van der Waals surface area contributed by atoms with Gasteiger partial charge in [0.1, 0.15) is 5.75 Å². The lowest BCUT2D eigenvalue weighted by Crippen LogP contribution is -1.93. The van der Waals surface area contributed by atoms with Gasteiger partial charge in [-0.25, -0.2) is 0 Å². The number of aromatic hydroxyl groups is 1. The maximum atomic E-state index is 9.93. The Kier molecular flexibility index (Phi) is 2.57. The summed E-state index contributed by atoms with van der Waals surface area (Å²) in [5.74, 6) is 5.80. The average Bonchev–Trinajstić information content (AvgIpc) is 2.29. The highest BCUT2D eigenvalue weighted by Gasteiger charge is 2.02. The maximum absolute atomic E-state index is 9.93. The summed E-state index contributed by atoms with van der Waals surface area (Å²) in [6, 6.07) is 11.4. The molecule has 0 fully saturated rings. The largest absolute Gasteiger partial charge is 0.506 e. The predicted octanol–water partition coefficient (Wildman–Crippen LogP) is 1.86. The van der Waals surface area contributed by atoms with E-state index in [2.05, 4.69) is 11.8 Å². The number of rotatable bonds is 0. The third-order valence-electron chi connectivity index (χ3n) is 2.23. The zero-order chi connectivity index (χ0) is 10.7. The average molecular weight is 197 g/mol. The third kappa shape index (κ3) is 1.78. The van der Waals surface area contributed by atoms with Crippen molar-refractivity contribution in [2.24, 2.45) is 5.73 Å². The van der Waals surface area contributed by atoms with Crippen molar-refractivity contribution in [2.45, 2.75) is 0 Å². The number of benzene rings is 2. The van der Waals surface area contributed by atoms with Crippen LogP contribution in [0.15, 0.2) is 36.4 Å². The van der Waals surface area contributed by atoms with Crippen molar-refractivity contribution in [3.63, 3.8) is 0 Å². The molecule has 2 aromatic carbocycles. The van der Waals surface area contributed by atoms with Crippen LogP contribution in [0.2, 0.25) is 0 Å². The summed E-state index contributed by atoms with van der Waals surface area (Å²) in [5.41, 5.74) is 5.91. The van der Waals surface area contributed by atoms with Gasteiger partial charge in [0.15, 0.2) is 0 Å². The van der Waals surface area contributed by atoms with Crippen LogP contribution in [-0.4, -0.2) is 11.7 Å². The first-order chi connectivity index (χ1) is 7.33. The second-order valence-electron chi connectivity index (χ2n) is 3.19. The van der Waals surface area contributed by atoms with E-state index >= 15 is 0 Å². The molecule has 2 heteroatoms. The highest BCUT2D eigenvalue weighted by Crippen LogP contribution is 2.27. The Morgan fingerprint density at radius 1 is 1.13 bits per heavy atom. The summed E-state index contributed by atoms with van der Waals surface area (Å²) < 4.78 is 0. The Labute approximate surface area is 88.3 Å². The van der Waals surface area contributed by atoms with E-state index < -0.39 is 0 Å². The van der Waals surface area contributed by atoms with Crippen molar-refractivity contribution in [1.29, 1.82) is 0 Å². The highest BCUT2D eigenvalue weighted by atomic mass is 16.3. The molecule has 0 saturated heterocycles. The molecule has 0 atom stereocenters. The van der Waals surface area contributed by atoms with Gasteiger partial charge >= 0.3 is 0 Å². The van der Waals surface area contributed by atoms with Gasteiger partial charge in [-0.05, 0) is 11.5 Å². The molecule has 0 aliphatic heterocycles. The van der Waals surface area contributed by atoms with Gasteiger partial charge in [-0.1, -0.05) is 42.2 Å². The zero-order valence-electron chi connectivity index (χ0n) is 8.20. The smallest absolute Gasteiger partial charge is 0.139 e. The highest BCUT2D eigenvalue weighted by molar-refractivity contribution is 5.90. The second-order valence-corrected chi connectivity index (χ2v) is 3.19. The van der Waals surface area contributed by atoms with Crippen LogP contribution in [0.25, 0.3) is 10.8 Å². The molecule has 0 spiro atoms. The minimum Gasteiger partial charge on any atom is -0.506 e. The molecule has 0 radical (unpaired) electrons. The van der Waals surface area contributed by atoms with Crippen LogP contribution in [-0.2, 0) is 0 Å². The molecular weight excluding hydrogens is 186 g/mol. The van der Waals surface area contributed by atoms with Crippen molar-refractivity contribution in [2.75, 3.05) is 6.54 Å². The van der Waals surface area contributed by atoms with E-state index in [-0.39, 0.29) is 5.75 Å². The van der Waals surface area contributed by atoms with Gasteiger partial charge in [0.2, 0.25) is 0 Å². The molecule has 74 valence electrons. The fourth-order valence-electron chi connectivity index (χ4n) is 1.50. The zero-order valence-corrected chi connectivity index (χ0v) is 8.20. The van der Waals surface area contributed by atoms with Gasteiger partial charge in [-0.2, -0.15) is 0 Å². The monoisotopic (exact) mass is 197 g/mol. The van der Waals surface area contributed by atoms with Crippen molar-refractivity contribution >= 4 is 10.8 Å². The number of hydrogen-bond donors (Lipinski definition) is 2. The number of hydrogen-bond acceptors (Lipinski definition) is 2. The van der Waals surface area contributed by atoms with E-state index in [0.29, 0.717) is 12.1 Å². The van der Waals surface area contributed by atoms with E-state index in [1.54, 1.807) is 6.07 Å². The van der Waals surface area contributed by atoms with Crippen LogP contribution in [0.3, 0.4) is 0 Å². The fourth-order valence-corrected chi connectivity index (χ4v) is 1.50. The second kappa shape index (κ2) is 4.04. The van der Waals surface area contributed by atoms with Crippen molar-refractivity contribution in [3.05, 3.63) is 42.0 Å². The van der Waals surface area contributed by atoms with Crippen molar-refractivity contribution < 1.29 is 5.11 Å². The number of nitrogens with two attached hydrogens (primary N) is 1. The minimum absolute atomic E-state index is 0.231. The van der Waals surface area contributed by atoms with Gasteiger partial charge in [-0.15, -0.1) is 0 Å². The molecule has 0 heterocycles. The maximum Gasteiger partial charge on any atom is 0.139 e. The molecule has 2 aromatic rings. The Balaban J connectivity index is 2.65. The molecule has 3 N–H and O–H groups in total. The summed E-state index contributed by atoms with van der Waals surface area (Å²) in [4.78, 5) is 0. The van der Waals surface area contributed by atoms with Crippen LogP contribution in [0.5, 0.6) is 5.75 Å². The van der Waals surface area contributed by atoms with E-state index in [9.17, 15) is 5.11 Å². The molecular formula is C13H11NO. The molecule has 2 nitrogen and oxygen atoms in total. The lowest BCUT2D eigenvalue weighted by molar-refractivity contribution is 0.480. The van der Waals surface area contributed by atoms with Gasteiger partial charge in [0.05, 0.1) is 12.1 Å². The molecule has 0 saturated carbocycles. The first kappa shape index (κ1) is 9.57. The van der Waals surface area contributed by atoms with E-state index in [0.717, 1.165) is 10.8 Å². The molecule has 15 heavy (non-hydrogen) atoms. The first-order valence-corrected chi connectivity index (χ1v) is 4.72. The quantitative estimate of drug-likeness (QED) is 0.633. The lowest BCUT2D eigenvalue weighted by atomic mass is 10.1. The topological polar surface area (TPSA) is 46.2 Å². The Hall–Kier alpha value is -1.98. The SMILES string of the molecule is NCC#Cc1ccc2ccccc2c1O. The number of phenolic OH excluding ortho intramolecular Hbond substituents is 1. The fraction of sp³-hybridized carbons (Fsp3) is 0.0769. The number of phenols is 1. The van der Waals surface area contributed by atoms with Gasteiger partial charge in [-0.3, -0.25) is 0 Å². The third-order valence-corrected chi connectivity index (χ3v) is 2.23. The summed E-state index contributed by atoms with van der Waals surface area (Å²) in [5, 5.41) is 11.8. The van der Waals surface area contributed by atoms with Crippen LogP contribution in [0, 0.1) is 11.8 Å².